The Kier molecular flexibility index (Phi) is 9.43. The zero-order valence-electron chi connectivity index (χ0n) is 25.3. The molecule has 0 N–H and O–H groups in total. The number of likely N-dealkylation sites (N-methyl/N-ethyl adjacent to an activating group) is 1. The van der Waals surface area contributed by atoms with Gasteiger partial charge in [-0.1, -0.05) is 32.0 Å². The van der Waals surface area contributed by atoms with Gasteiger partial charge in [0.2, 0.25) is 0 Å². The monoisotopic (exact) mass is 544 g/mol. The van der Waals surface area contributed by atoms with Gasteiger partial charge in [-0.05, 0) is 61.4 Å². The van der Waals surface area contributed by atoms with E-state index in [2.05, 4.69) is 83.2 Å². The zero-order valence-corrected chi connectivity index (χ0v) is 25.3. The second-order valence-corrected chi connectivity index (χ2v) is 11.5. The molecule has 3 fully saturated rings. The quantitative estimate of drug-likeness (QED) is 0.358. The lowest BCUT2D eigenvalue weighted by atomic mass is 9.88. The minimum absolute atomic E-state index is 0.540. The van der Waals surface area contributed by atoms with E-state index in [1.54, 1.807) is 0 Å². The third kappa shape index (κ3) is 6.52. The summed E-state index contributed by atoms with van der Waals surface area (Å²) in [6.45, 7) is 11.9. The fraction of sp³-hybridized carbons (Fsp3) is 0.576. The molecule has 1 aliphatic carbocycles. The first-order valence-corrected chi connectivity index (χ1v) is 15.4. The molecule has 0 unspecified atom stereocenters. The molecular formula is C33H48N6O. The molecule has 216 valence electrons. The standard InChI is InChI=1S/C31H42N6O.C2H6/c1-34(2)29-7-5-4-6-26(29)23-12-14-37(15-13-23)31-27-22-25(35(3)16-17-36-18-20-38-21-19-36)10-11-28(27)32-30(33-31)24-8-9-24;1-2/h4-7,10-11,22-24H,8-9,12-21H2,1-3H3;1-2H3. The van der Waals surface area contributed by atoms with Crippen LogP contribution < -0.4 is 14.7 Å². The zero-order chi connectivity index (χ0) is 28.1. The van der Waals surface area contributed by atoms with Gasteiger partial charge in [0.25, 0.3) is 0 Å². The van der Waals surface area contributed by atoms with Gasteiger partial charge in [0.1, 0.15) is 11.6 Å². The summed E-state index contributed by atoms with van der Waals surface area (Å²) in [4.78, 5) is 19.9. The molecule has 2 aliphatic heterocycles. The Morgan fingerprint density at radius 2 is 1.57 bits per heavy atom. The van der Waals surface area contributed by atoms with Crippen LogP contribution in [-0.4, -0.2) is 88.5 Å². The van der Waals surface area contributed by atoms with E-state index >= 15 is 0 Å². The molecule has 1 aromatic heterocycles. The maximum Gasteiger partial charge on any atom is 0.140 e. The third-order valence-corrected chi connectivity index (χ3v) is 8.57. The van der Waals surface area contributed by atoms with Crippen LogP contribution in [-0.2, 0) is 4.74 Å². The molecule has 2 saturated heterocycles. The smallest absolute Gasteiger partial charge is 0.140 e. The van der Waals surface area contributed by atoms with Crippen LogP contribution >= 0.6 is 0 Å². The Morgan fingerprint density at radius 1 is 0.850 bits per heavy atom. The molecule has 0 amide bonds. The van der Waals surface area contributed by atoms with Gasteiger partial charge in [-0.25, -0.2) is 9.97 Å². The third-order valence-electron chi connectivity index (χ3n) is 8.57. The van der Waals surface area contributed by atoms with E-state index in [4.69, 9.17) is 14.7 Å². The van der Waals surface area contributed by atoms with Crippen molar-refractivity contribution in [2.45, 2.75) is 51.4 Å². The second kappa shape index (κ2) is 13.2. The van der Waals surface area contributed by atoms with Gasteiger partial charge in [-0.2, -0.15) is 0 Å². The van der Waals surface area contributed by atoms with E-state index in [-0.39, 0.29) is 0 Å². The van der Waals surface area contributed by atoms with Crippen molar-refractivity contribution >= 4 is 28.1 Å². The van der Waals surface area contributed by atoms with Crippen LogP contribution in [0, 0.1) is 0 Å². The number of aromatic nitrogens is 2. The van der Waals surface area contributed by atoms with Crippen LogP contribution in [0.15, 0.2) is 42.5 Å². The van der Waals surface area contributed by atoms with E-state index in [1.165, 1.54) is 35.2 Å². The molecule has 3 aliphatic rings. The van der Waals surface area contributed by atoms with Gasteiger partial charge in [0, 0.05) is 83.1 Å². The van der Waals surface area contributed by atoms with Crippen LogP contribution in [0.2, 0.25) is 0 Å². The van der Waals surface area contributed by atoms with E-state index in [0.29, 0.717) is 11.8 Å². The van der Waals surface area contributed by atoms with E-state index < -0.39 is 0 Å². The number of fused-ring (bicyclic) bond motifs is 1. The number of rotatable bonds is 8. The van der Waals surface area contributed by atoms with Gasteiger partial charge >= 0.3 is 0 Å². The molecule has 1 saturated carbocycles. The number of morpholine rings is 1. The van der Waals surface area contributed by atoms with E-state index in [0.717, 1.165) is 82.5 Å². The van der Waals surface area contributed by atoms with Crippen molar-refractivity contribution in [3.8, 4) is 0 Å². The van der Waals surface area contributed by atoms with Crippen molar-refractivity contribution in [1.29, 1.82) is 0 Å². The van der Waals surface area contributed by atoms with E-state index in [9.17, 15) is 0 Å². The number of anilines is 3. The predicted octanol–water partition coefficient (Wildman–Crippen LogP) is 5.75. The highest BCUT2D eigenvalue weighted by Gasteiger charge is 2.30. The Bertz CT molecular complexity index is 1240. The fourth-order valence-electron chi connectivity index (χ4n) is 6.01. The summed E-state index contributed by atoms with van der Waals surface area (Å²) < 4.78 is 5.51. The summed E-state index contributed by atoms with van der Waals surface area (Å²) in [5.41, 5.74) is 5.15. The summed E-state index contributed by atoms with van der Waals surface area (Å²) in [6, 6.07) is 15.7. The molecule has 7 heteroatoms. The summed E-state index contributed by atoms with van der Waals surface area (Å²) in [6.07, 6.45) is 4.73. The number of ether oxygens (including phenoxy) is 1. The number of piperidine rings is 1. The average molecular weight is 545 g/mol. The Labute approximate surface area is 241 Å². The first-order chi connectivity index (χ1) is 19.6. The summed E-state index contributed by atoms with van der Waals surface area (Å²) >= 11 is 0. The molecule has 40 heavy (non-hydrogen) atoms. The molecule has 0 bridgehead atoms. The van der Waals surface area contributed by atoms with Crippen molar-refractivity contribution in [2.24, 2.45) is 0 Å². The number of hydrogen-bond donors (Lipinski definition) is 0. The van der Waals surface area contributed by atoms with Gasteiger partial charge < -0.3 is 19.4 Å². The van der Waals surface area contributed by atoms with Crippen molar-refractivity contribution in [2.75, 3.05) is 88.3 Å². The summed E-state index contributed by atoms with van der Waals surface area (Å²) in [7, 11) is 6.50. The molecule has 0 radical (unpaired) electrons. The Balaban J connectivity index is 0.00000158. The molecule has 0 atom stereocenters. The fourth-order valence-corrected chi connectivity index (χ4v) is 6.01. The average Bonchev–Trinajstić information content (AvgIpc) is 3.87. The van der Waals surface area contributed by atoms with Gasteiger partial charge in [0.15, 0.2) is 0 Å². The minimum atomic E-state index is 0.540. The minimum Gasteiger partial charge on any atom is -0.379 e. The van der Waals surface area contributed by atoms with Crippen molar-refractivity contribution in [3.63, 3.8) is 0 Å². The topological polar surface area (TPSA) is 48.0 Å². The van der Waals surface area contributed by atoms with Crippen molar-refractivity contribution < 1.29 is 4.74 Å². The number of benzene rings is 2. The molecule has 7 nitrogen and oxygen atoms in total. The lowest BCUT2D eigenvalue weighted by Crippen LogP contribution is -2.40. The molecule has 3 aromatic rings. The molecule has 3 heterocycles. The van der Waals surface area contributed by atoms with Gasteiger partial charge in [-0.15, -0.1) is 0 Å². The second-order valence-electron chi connectivity index (χ2n) is 11.5. The van der Waals surface area contributed by atoms with Crippen molar-refractivity contribution in [1.82, 2.24) is 14.9 Å². The normalized spacial score (nSPS) is 18.4. The van der Waals surface area contributed by atoms with E-state index in [1.807, 2.05) is 13.8 Å². The van der Waals surface area contributed by atoms with Crippen LogP contribution in [0.3, 0.4) is 0 Å². The Hall–Kier alpha value is -2.90. The van der Waals surface area contributed by atoms with Gasteiger partial charge in [0.05, 0.1) is 18.7 Å². The highest BCUT2D eigenvalue weighted by atomic mass is 16.5. The molecular weight excluding hydrogens is 496 g/mol. The maximum absolute atomic E-state index is 5.51. The summed E-state index contributed by atoms with van der Waals surface area (Å²) in [5, 5.41) is 1.19. The van der Waals surface area contributed by atoms with Crippen LogP contribution in [0.5, 0.6) is 0 Å². The molecule has 2 aromatic carbocycles. The highest BCUT2D eigenvalue weighted by molar-refractivity contribution is 5.92. The predicted molar refractivity (Wildman–Crippen MR) is 168 cm³/mol. The van der Waals surface area contributed by atoms with Crippen LogP contribution in [0.1, 0.15) is 62.8 Å². The maximum atomic E-state index is 5.51. The van der Waals surface area contributed by atoms with Crippen LogP contribution in [0.4, 0.5) is 17.2 Å². The van der Waals surface area contributed by atoms with Crippen molar-refractivity contribution in [3.05, 3.63) is 53.9 Å². The number of para-hydroxylation sites is 1. The first-order valence-electron chi connectivity index (χ1n) is 15.4. The molecule has 0 spiro atoms. The number of nitrogens with zero attached hydrogens (tertiary/aromatic N) is 6. The molecule has 6 rings (SSSR count). The largest absolute Gasteiger partial charge is 0.379 e. The lowest BCUT2D eigenvalue weighted by molar-refractivity contribution is 0.0393. The first kappa shape index (κ1) is 28.6. The summed E-state index contributed by atoms with van der Waals surface area (Å²) in [5.74, 6) is 3.31. The van der Waals surface area contributed by atoms with Crippen LogP contribution in [0.25, 0.3) is 10.9 Å². The number of hydrogen-bond acceptors (Lipinski definition) is 7. The highest BCUT2D eigenvalue weighted by Crippen LogP contribution is 2.41. The SMILES string of the molecule is CC.CN(C)c1ccccc1C1CCN(c2nc(C3CC3)nc3ccc(N(C)CCN4CCOCC4)cc23)CC1. The Morgan fingerprint density at radius 3 is 2.27 bits per heavy atom. The van der Waals surface area contributed by atoms with Gasteiger partial charge in [-0.3, -0.25) is 4.90 Å². The lowest BCUT2D eigenvalue weighted by Gasteiger charge is -2.35.